The molecule has 1 aromatic heterocycles. The summed E-state index contributed by atoms with van der Waals surface area (Å²) >= 11 is 0. The van der Waals surface area contributed by atoms with Crippen LogP contribution in [0.25, 0.3) is 0 Å². The van der Waals surface area contributed by atoms with Crippen molar-refractivity contribution in [2.24, 2.45) is 0 Å². The Kier molecular flexibility index (Phi) is 4.37. The maximum Gasteiger partial charge on any atom is 0.322 e. The van der Waals surface area contributed by atoms with Crippen molar-refractivity contribution in [3.63, 3.8) is 0 Å². The van der Waals surface area contributed by atoms with Gasteiger partial charge in [-0.15, -0.1) is 5.10 Å². The summed E-state index contributed by atoms with van der Waals surface area (Å²) in [7, 11) is 0. The van der Waals surface area contributed by atoms with Crippen molar-refractivity contribution in [2.45, 2.75) is 12.3 Å². The highest BCUT2D eigenvalue weighted by molar-refractivity contribution is 6.03. The Labute approximate surface area is 153 Å². The molecule has 4 rings (SSSR count). The normalized spacial score (nSPS) is 16.6. The van der Waals surface area contributed by atoms with E-state index >= 15 is 0 Å². The monoisotopic (exact) mass is 366 g/mol. The number of halogens is 1. The maximum atomic E-state index is 13.1. The summed E-state index contributed by atoms with van der Waals surface area (Å²) in [5.41, 5.74) is 1.08. The van der Waals surface area contributed by atoms with E-state index in [1.807, 2.05) is 6.07 Å². The molecule has 7 nitrogen and oxygen atoms in total. The molecule has 136 valence electrons. The van der Waals surface area contributed by atoms with Crippen LogP contribution in [-0.2, 0) is 4.79 Å². The highest BCUT2D eigenvalue weighted by Gasteiger charge is 2.35. The predicted molar refractivity (Wildman–Crippen MR) is 94.8 cm³/mol. The Morgan fingerprint density at radius 2 is 1.85 bits per heavy atom. The minimum absolute atomic E-state index is 0.0217. The van der Waals surface area contributed by atoms with Gasteiger partial charge in [-0.25, -0.2) is 4.39 Å². The molecule has 1 aliphatic heterocycles. The second-order valence-electron chi connectivity index (χ2n) is 6.15. The average Bonchev–Trinajstić information content (AvgIpc) is 3.30. The van der Waals surface area contributed by atoms with E-state index in [4.69, 9.17) is 4.42 Å². The molecule has 1 saturated heterocycles. The maximum absolute atomic E-state index is 13.1. The first-order valence-electron chi connectivity index (χ1n) is 8.36. The molecule has 0 aliphatic carbocycles. The lowest BCUT2D eigenvalue weighted by molar-refractivity contribution is -0.117. The molecule has 0 spiro atoms. The Morgan fingerprint density at radius 1 is 1.11 bits per heavy atom. The molecular weight excluding hydrogens is 351 g/mol. The third kappa shape index (κ3) is 3.55. The number of amides is 2. The van der Waals surface area contributed by atoms with Crippen molar-refractivity contribution >= 4 is 23.5 Å². The first-order chi connectivity index (χ1) is 13.1. The number of nitrogens with one attached hydrogen (secondary N) is 1. The number of carbonyl (C=O) groups is 2. The van der Waals surface area contributed by atoms with Gasteiger partial charge in [0.05, 0.1) is 5.92 Å². The van der Waals surface area contributed by atoms with Gasteiger partial charge in [0.25, 0.3) is 5.91 Å². The van der Waals surface area contributed by atoms with Gasteiger partial charge in [0.1, 0.15) is 5.82 Å². The topological polar surface area (TPSA) is 88.3 Å². The summed E-state index contributed by atoms with van der Waals surface area (Å²) in [6.45, 7) is 0.346. The van der Waals surface area contributed by atoms with Crippen molar-refractivity contribution in [3.05, 3.63) is 71.9 Å². The zero-order chi connectivity index (χ0) is 18.8. The molecule has 0 saturated carbocycles. The molecule has 1 N–H and O–H groups in total. The summed E-state index contributed by atoms with van der Waals surface area (Å²) in [6, 6.07) is 14.3. The molecule has 0 radical (unpaired) electrons. The zero-order valence-corrected chi connectivity index (χ0v) is 14.1. The van der Waals surface area contributed by atoms with Crippen LogP contribution in [0.5, 0.6) is 0 Å². The van der Waals surface area contributed by atoms with E-state index in [9.17, 15) is 14.0 Å². The lowest BCUT2D eigenvalue weighted by Gasteiger charge is -2.15. The summed E-state index contributed by atoms with van der Waals surface area (Å²) in [5, 5.41) is 10.3. The van der Waals surface area contributed by atoms with Crippen LogP contribution in [-0.4, -0.2) is 28.6 Å². The third-order valence-corrected chi connectivity index (χ3v) is 4.31. The summed E-state index contributed by atoms with van der Waals surface area (Å²) in [4.78, 5) is 26.0. The highest BCUT2D eigenvalue weighted by atomic mass is 19.1. The summed E-state index contributed by atoms with van der Waals surface area (Å²) in [6.07, 6.45) is 0.200. The molecule has 2 aromatic carbocycles. The number of hydrogen-bond acceptors (Lipinski definition) is 5. The van der Waals surface area contributed by atoms with Crippen molar-refractivity contribution in [1.29, 1.82) is 0 Å². The van der Waals surface area contributed by atoms with Crippen molar-refractivity contribution in [2.75, 3.05) is 16.8 Å². The quantitative estimate of drug-likeness (QED) is 0.767. The van der Waals surface area contributed by atoms with Crippen LogP contribution in [0.2, 0.25) is 0 Å². The lowest BCUT2D eigenvalue weighted by atomic mass is 10.1. The number of anilines is 2. The zero-order valence-electron chi connectivity index (χ0n) is 14.1. The molecule has 0 bridgehead atoms. The van der Waals surface area contributed by atoms with Gasteiger partial charge in [-0.3, -0.25) is 14.9 Å². The van der Waals surface area contributed by atoms with Gasteiger partial charge < -0.3 is 9.32 Å². The molecule has 27 heavy (non-hydrogen) atoms. The van der Waals surface area contributed by atoms with E-state index in [0.717, 1.165) is 0 Å². The van der Waals surface area contributed by atoms with E-state index in [2.05, 4.69) is 15.5 Å². The van der Waals surface area contributed by atoms with Gasteiger partial charge in [-0.2, -0.15) is 0 Å². The van der Waals surface area contributed by atoms with Crippen LogP contribution in [0.4, 0.5) is 16.1 Å². The smallest absolute Gasteiger partial charge is 0.322 e. The van der Waals surface area contributed by atoms with Crippen LogP contribution >= 0.6 is 0 Å². The second kappa shape index (κ2) is 6.99. The Morgan fingerprint density at radius 3 is 2.59 bits per heavy atom. The van der Waals surface area contributed by atoms with E-state index < -0.39 is 0 Å². The van der Waals surface area contributed by atoms with E-state index in [1.165, 1.54) is 12.1 Å². The Hall–Kier alpha value is -3.55. The third-order valence-electron chi connectivity index (χ3n) is 4.31. The molecule has 1 atom stereocenters. The van der Waals surface area contributed by atoms with Crippen molar-refractivity contribution in [3.8, 4) is 0 Å². The minimum Gasteiger partial charge on any atom is -0.407 e. The van der Waals surface area contributed by atoms with E-state index in [0.29, 0.717) is 17.8 Å². The Bertz CT molecular complexity index is 972. The van der Waals surface area contributed by atoms with Crippen LogP contribution in [0.1, 0.15) is 28.6 Å². The fourth-order valence-electron chi connectivity index (χ4n) is 2.95. The molecule has 8 heteroatoms. The molecule has 2 heterocycles. The van der Waals surface area contributed by atoms with Crippen LogP contribution in [0, 0.1) is 5.82 Å². The first-order valence-corrected chi connectivity index (χ1v) is 8.36. The van der Waals surface area contributed by atoms with Crippen LogP contribution in [0.3, 0.4) is 0 Å². The van der Waals surface area contributed by atoms with Gasteiger partial charge in [-0.05, 0) is 36.4 Å². The number of carbonyl (C=O) groups excluding carboxylic acids is 2. The minimum atomic E-state index is -0.363. The molecule has 1 fully saturated rings. The number of hydrogen-bond donors (Lipinski definition) is 1. The number of nitrogens with zero attached hydrogens (tertiary/aromatic N) is 3. The van der Waals surface area contributed by atoms with Gasteiger partial charge in [0, 0.05) is 24.2 Å². The SMILES string of the molecule is O=C(Nc1nnc(C2CC(=O)N(c3ccc(F)cc3)C2)o1)c1ccccc1. The Balaban J connectivity index is 1.45. The van der Waals surface area contributed by atoms with Crippen molar-refractivity contribution < 1.29 is 18.4 Å². The fourth-order valence-corrected chi connectivity index (χ4v) is 2.95. The number of aromatic nitrogens is 2. The predicted octanol–water partition coefficient (Wildman–Crippen LogP) is 2.98. The van der Waals surface area contributed by atoms with E-state index in [-0.39, 0.29) is 41.9 Å². The van der Waals surface area contributed by atoms with Crippen LogP contribution < -0.4 is 10.2 Å². The molecule has 3 aromatic rings. The molecule has 2 amide bonds. The average molecular weight is 366 g/mol. The summed E-state index contributed by atoms with van der Waals surface area (Å²) < 4.78 is 18.6. The molecule has 1 unspecified atom stereocenters. The van der Waals surface area contributed by atoms with Crippen LogP contribution in [0.15, 0.2) is 59.0 Å². The molecular formula is C19H15FN4O3. The standard InChI is InChI=1S/C19H15FN4O3/c20-14-6-8-15(9-7-14)24-11-13(10-16(24)25)18-22-23-19(27-18)21-17(26)12-4-2-1-3-5-12/h1-9,13H,10-11H2,(H,21,23,26). The van der Waals surface area contributed by atoms with Gasteiger partial charge in [-0.1, -0.05) is 23.3 Å². The summed E-state index contributed by atoms with van der Waals surface area (Å²) in [5.74, 6) is -0.854. The van der Waals surface area contributed by atoms with E-state index in [1.54, 1.807) is 41.3 Å². The van der Waals surface area contributed by atoms with Gasteiger partial charge >= 0.3 is 6.01 Å². The molecule has 1 aliphatic rings. The van der Waals surface area contributed by atoms with Crippen molar-refractivity contribution in [1.82, 2.24) is 10.2 Å². The first kappa shape index (κ1) is 16.9. The fraction of sp³-hybridized carbons (Fsp3) is 0.158. The lowest BCUT2D eigenvalue weighted by Crippen LogP contribution is -2.24. The number of benzene rings is 2. The second-order valence-corrected chi connectivity index (χ2v) is 6.15. The van der Waals surface area contributed by atoms with Gasteiger partial charge in [0.2, 0.25) is 11.8 Å². The largest absolute Gasteiger partial charge is 0.407 e. The highest BCUT2D eigenvalue weighted by Crippen LogP contribution is 2.31. The number of rotatable bonds is 4. The van der Waals surface area contributed by atoms with Gasteiger partial charge in [0.15, 0.2) is 0 Å².